The summed E-state index contributed by atoms with van der Waals surface area (Å²) in [4.78, 5) is 23.0. The third kappa shape index (κ3) is 4.89. The SMILES string of the molecule is COc1cc(-c2nc3sc4c(c3c(=O)[nH]2)CC[C@@H](C)C4)cc(Br)c1OCCOc1ccc(C)cc1C. The van der Waals surface area contributed by atoms with E-state index in [2.05, 4.69) is 40.8 Å². The molecule has 8 heteroatoms. The van der Waals surface area contributed by atoms with Gasteiger partial charge in [-0.25, -0.2) is 4.98 Å². The van der Waals surface area contributed by atoms with E-state index in [9.17, 15) is 4.79 Å². The summed E-state index contributed by atoms with van der Waals surface area (Å²) in [5.74, 6) is 3.13. The number of nitrogens with zero attached hydrogens (tertiary/aromatic N) is 1. The molecule has 5 rings (SSSR count). The zero-order chi connectivity index (χ0) is 25.4. The number of benzene rings is 2. The standard InChI is InChI=1S/C28H29BrN2O4S/c1-15-6-8-21(17(3)11-15)34-9-10-35-25-20(29)13-18(14-22(25)33-4)26-30-27(32)24-19-7-5-16(2)12-23(19)36-28(24)31-26/h6,8,11,13-14,16H,5,7,9-10,12H2,1-4H3,(H,30,31,32)/t16-/m1/s1. The lowest BCUT2D eigenvalue weighted by Crippen LogP contribution is -2.13. The average molecular weight is 570 g/mol. The molecule has 0 fully saturated rings. The first-order valence-electron chi connectivity index (χ1n) is 12.1. The topological polar surface area (TPSA) is 73.4 Å². The van der Waals surface area contributed by atoms with Crippen molar-refractivity contribution in [1.29, 1.82) is 0 Å². The van der Waals surface area contributed by atoms with Gasteiger partial charge in [-0.05, 0) is 84.3 Å². The number of aryl methyl sites for hydroxylation is 3. The highest BCUT2D eigenvalue weighted by atomic mass is 79.9. The Labute approximate surface area is 222 Å². The van der Waals surface area contributed by atoms with Crippen molar-refractivity contribution in [2.24, 2.45) is 5.92 Å². The Balaban J connectivity index is 1.37. The van der Waals surface area contributed by atoms with Crippen molar-refractivity contribution in [2.45, 2.75) is 40.0 Å². The molecule has 0 aliphatic heterocycles. The number of ether oxygens (including phenoxy) is 3. The number of fused-ring (bicyclic) bond motifs is 3. The molecule has 2 aromatic heterocycles. The highest BCUT2D eigenvalue weighted by molar-refractivity contribution is 9.10. The average Bonchev–Trinajstić information content (AvgIpc) is 3.21. The molecule has 1 atom stereocenters. The molecule has 0 amide bonds. The second-order valence-electron chi connectivity index (χ2n) is 9.40. The Bertz CT molecular complexity index is 1490. The smallest absolute Gasteiger partial charge is 0.260 e. The first-order chi connectivity index (χ1) is 17.3. The Kier molecular flexibility index (Phi) is 7.08. The summed E-state index contributed by atoms with van der Waals surface area (Å²) >= 11 is 5.26. The van der Waals surface area contributed by atoms with E-state index in [-0.39, 0.29) is 5.56 Å². The summed E-state index contributed by atoms with van der Waals surface area (Å²) in [5, 5.41) is 0.750. The lowest BCUT2D eigenvalue weighted by Gasteiger charge is -2.17. The Morgan fingerprint density at radius 3 is 2.72 bits per heavy atom. The fourth-order valence-corrected chi connectivity index (χ4v) is 6.68. The van der Waals surface area contributed by atoms with Gasteiger partial charge in [0, 0.05) is 10.4 Å². The van der Waals surface area contributed by atoms with Crippen LogP contribution in [0.5, 0.6) is 17.2 Å². The monoisotopic (exact) mass is 568 g/mol. The van der Waals surface area contributed by atoms with E-state index in [1.807, 2.05) is 31.2 Å². The van der Waals surface area contributed by atoms with Gasteiger partial charge in [0.25, 0.3) is 5.56 Å². The van der Waals surface area contributed by atoms with Crippen LogP contribution in [0.15, 0.2) is 39.6 Å². The minimum atomic E-state index is -0.0824. The lowest BCUT2D eigenvalue weighted by atomic mass is 9.89. The maximum atomic E-state index is 13.1. The summed E-state index contributed by atoms with van der Waals surface area (Å²) in [6.45, 7) is 7.10. The van der Waals surface area contributed by atoms with Gasteiger partial charge < -0.3 is 19.2 Å². The third-order valence-electron chi connectivity index (χ3n) is 6.59. The Hall–Kier alpha value is -2.84. The van der Waals surface area contributed by atoms with Crippen LogP contribution >= 0.6 is 27.3 Å². The van der Waals surface area contributed by atoms with Crippen molar-refractivity contribution in [2.75, 3.05) is 20.3 Å². The Morgan fingerprint density at radius 1 is 1.14 bits per heavy atom. The van der Waals surface area contributed by atoms with E-state index < -0.39 is 0 Å². The van der Waals surface area contributed by atoms with Gasteiger partial charge in [-0.1, -0.05) is 24.6 Å². The molecule has 2 heterocycles. The largest absolute Gasteiger partial charge is 0.493 e. The molecule has 0 saturated heterocycles. The number of nitrogens with one attached hydrogen (secondary N) is 1. The zero-order valence-electron chi connectivity index (χ0n) is 20.9. The van der Waals surface area contributed by atoms with Crippen molar-refractivity contribution in [3.05, 3.63) is 66.7 Å². The molecular weight excluding hydrogens is 540 g/mol. The molecule has 4 aromatic rings. The molecule has 0 saturated carbocycles. The second kappa shape index (κ2) is 10.3. The van der Waals surface area contributed by atoms with Crippen molar-refractivity contribution in [3.63, 3.8) is 0 Å². The number of hydrogen-bond acceptors (Lipinski definition) is 6. The van der Waals surface area contributed by atoms with Gasteiger partial charge in [0.1, 0.15) is 29.6 Å². The van der Waals surface area contributed by atoms with E-state index in [0.29, 0.717) is 40.9 Å². The van der Waals surface area contributed by atoms with Crippen molar-refractivity contribution in [3.8, 4) is 28.6 Å². The number of methoxy groups -OCH3 is 1. The maximum absolute atomic E-state index is 13.1. The summed E-state index contributed by atoms with van der Waals surface area (Å²) in [5.41, 5.74) is 4.14. The summed E-state index contributed by atoms with van der Waals surface area (Å²) in [6, 6.07) is 9.83. The molecule has 2 aromatic carbocycles. The van der Waals surface area contributed by atoms with Crippen LogP contribution in [0, 0.1) is 19.8 Å². The van der Waals surface area contributed by atoms with E-state index >= 15 is 0 Å². The molecule has 0 bridgehead atoms. The number of aromatic amines is 1. The first-order valence-corrected chi connectivity index (χ1v) is 13.7. The molecule has 36 heavy (non-hydrogen) atoms. The molecule has 0 unspecified atom stereocenters. The van der Waals surface area contributed by atoms with Gasteiger partial charge in [0.15, 0.2) is 11.5 Å². The zero-order valence-corrected chi connectivity index (χ0v) is 23.3. The van der Waals surface area contributed by atoms with Crippen molar-refractivity contribution < 1.29 is 14.2 Å². The number of H-pyrrole nitrogens is 1. The van der Waals surface area contributed by atoms with E-state index in [1.165, 1.54) is 16.0 Å². The highest BCUT2D eigenvalue weighted by Crippen LogP contribution is 2.40. The van der Waals surface area contributed by atoms with E-state index in [0.717, 1.165) is 46.4 Å². The molecule has 1 aliphatic rings. The fourth-order valence-electron chi connectivity index (χ4n) is 4.74. The van der Waals surface area contributed by atoms with Crippen LogP contribution in [0.25, 0.3) is 21.6 Å². The van der Waals surface area contributed by atoms with Gasteiger partial charge in [-0.15, -0.1) is 11.3 Å². The van der Waals surface area contributed by atoms with Crippen LogP contribution in [-0.2, 0) is 12.8 Å². The third-order valence-corrected chi connectivity index (χ3v) is 8.32. The Morgan fingerprint density at radius 2 is 1.94 bits per heavy atom. The van der Waals surface area contributed by atoms with Gasteiger partial charge in [-0.3, -0.25) is 4.79 Å². The quantitative estimate of drug-likeness (QED) is 0.253. The van der Waals surface area contributed by atoms with Crippen molar-refractivity contribution in [1.82, 2.24) is 9.97 Å². The maximum Gasteiger partial charge on any atom is 0.260 e. The lowest BCUT2D eigenvalue weighted by molar-refractivity contribution is 0.209. The van der Waals surface area contributed by atoms with Crippen LogP contribution in [0.1, 0.15) is 34.9 Å². The normalized spacial score (nSPS) is 15.1. The molecule has 6 nitrogen and oxygen atoms in total. The van der Waals surface area contributed by atoms with Gasteiger partial charge in [-0.2, -0.15) is 0 Å². The van der Waals surface area contributed by atoms with Crippen LogP contribution < -0.4 is 19.8 Å². The van der Waals surface area contributed by atoms with Crippen LogP contribution in [0.2, 0.25) is 0 Å². The van der Waals surface area contributed by atoms with Gasteiger partial charge in [0.2, 0.25) is 0 Å². The molecule has 0 spiro atoms. The number of thiophene rings is 1. The number of aromatic nitrogens is 2. The van der Waals surface area contributed by atoms with Gasteiger partial charge in [0.05, 0.1) is 17.0 Å². The highest BCUT2D eigenvalue weighted by Gasteiger charge is 2.23. The van der Waals surface area contributed by atoms with Crippen LogP contribution in [0.3, 0.4) is 0 Å². The predicted octanol–water partition coefficient (Wildman–Crippen LogP) is 6.62. The first kappa shape index (κ1) is 24.8. The summed E-state index contributed by atoms with van der Waals surface area (Å²) in [7, 11) is 1.60. The predicted molar refractivity (Wildman–Crippen MR) is 148 cm³/mol. The number of halogens is 1. The molecule has 1 N–H and O–H groups in total. The van der Waals surface area contributed by atoms with Gasteiger partial charge >= 0.3 is 0 Å². The second-order valence-corrected chi connectivity index (χ2v) is 11.3. The minimum Gasteiger partial charge on any atom is -0.493 e. The molecule has 1 aliphatic carbocycles. The molecular formula is C28H29BrN2O4S. The van der Waals surface area contributed by atoms with Crippen LogP contribution in [-0.4, -0.2) is 30.3 Å². The van der Waals surface area contributed by atoms with Crippen LogP contribution in [0.4, 0.5) is 0 Å². The minimum absolute atomic E-state index is 0.0824. The van der Waals surface area contributed by atoms with Crippen molar-refractivity contribution >= 4 is 37.5 Å². The van der Waals surface area contributed by atoms with E-state index in [1.54, 1.807) is 18.4 Å². The summed E-state index contributed by atoms with van der Waals surface area (Å²) < 4.78 is 18.2. The fraction of sp³-hybridized carbons (Fsp3) is 0.357. The summed E-state index contributed by atoms with van der Waals surface area (Å²) in [6.07, 6.45) is 3.07. The van der Waals surface area contributed by atoms with E-state index in [4.69, 9.17) is 19.2 Å². The number of hydrogen-bond donors (Lipinski definition) is 1. The molecule has 0 radical (unpaired) electrons. The molecule has 188 valence electrons. The number of rotatable bonds is 7.